The van der Waals surface area contributed by atoms with Gasteiger partial charge in [-0.05, 0) is 38.8 Å². The van der Waals surface area contributed by atoms with Gasteiger partial charge < -0.3 is 4.74 Å². The molecule has 0 amide bonds. The molecule has 0 radical (unpaired) electrons. The van der Waals surface area contributed by atoms with Gasteiger partial charge in [0.05, 0.1) is 24.5 Å². The van der Waals surface area contributed by atoms with E-state index in [9.17, 15) is 4.79 Å². The maximum absolute atomic E-state index is 12.0. The van der Waals surface area contributed by atoms with Crippen LogP contribution in [0.15, 0.2) is 18.2 Å². The number of aromatic nitrogens is 4. The summed E-state index contributed by atoms with van der Waals surface area (Å²) in [6.45, 7) is 4.61. The van der Waals surface area contributed by atoms with Crippen molar-refractivity contribution in [3.8, 4) is 0 Å². The van der Waals surface area contributed by atoms with Crippen molar-refractivity contribution in [2.24, 2.45) is 0 Å². The molecule has 6 heteroatoms. The lowest BCUT2D eigenvalue weighted by molar-refractivity contribution is 0.0518. The fourth-order valence-electron chi connectivity index (χ4n) is 2.38. The monoisotopic (exact) mass is 286 g/mol. The molecule has 2 aromatic rings. The number of rotatable bonds is 5. The summed E-state index contributed by atoms with van der Waals surface area (Å²) in [5.74, 6) is -0.0212. The Balaban J connectivity index is 1.90. The first kappa shape index (κ1) is 13.7. The molecule has 0 aromatic carbocycles. The van der Waals surface area contributed by atoms with Crippen molar-refractivity contribution < 1.29 is 9.53 Å². The fraction of sp³-hybridized carbons (Fsp3) is 0.467. The Hall–Kier alpha value is -2.24. The van der Waals surface area contributed by atoms with Gasteiger partial charge in [-0.3, -0.25) is 4.98 Å². The topological polar surface area (TPSA) is 69.9 Å². The van der Waals surface area contributed by atoms with E-state index in [1.54, 1.807) is 11.6 Å². The Morgan fingerprint density at radius 1 is 1.43 bits per heavy atom. The van der Waals surface area contributed by atoms with E-state index < -0.39 is 0 Å². The van der Waals surface area contributed by atoms with Gasteiger partial charge >= 0.3 is 5.97 Å². The molecule has 110 valence electrons. The lowest BCUT2D eigenvalue weighted by atomic mass is 10.2. The number of hydrogen-bond donors (Lipinski definition) is 0. The zero-order valence-corrected chi connectivity index (χ0v) is 12.2. The van der Waals surface area contributed by atoms with Crippen molar-refractivity contribution >= 4 is 5.97 Å². The molecule has 3 rings (SSSR count). The van der Waals surface area contributed by atoms with Gasteiger partial charge in [0.2, 0.25) is 0 Å². The predicted octanol–water partition coefficient (Wildman–Crippen LogP) is 2.08. The molecule has 0 bridgehead atoms. The Kier molecular flexibility index (Phi) is 3.68. The molecule has 0 saturated heterocycles. The SMILES string of the molecule is CCOC(=O)c1nnn(Cc2cccc(C)n2)c1C1CC1. The molecule has 2 aromatic heterocycles. The van der Waals surface area contributed by atoms with Crippen molar-refractivity contribution in [1.29, 1.82) is 0 Å². The van der Waals surface area contributed by atoms with Gasteiger partial charge in [0.1, 0.15) is 0 Å². The summed E-state index contributed by atoms with van der Waals surface area (Å²) in [6.07, 6.45) is 2.14. The van der Waals surface area contributed by atoms with Crippen LogP contribution >= 0.6 is 0 Å². The molecule has 1 saturated carbocycles. The quantitative estimate of drug-likeness (QED) is 0.787. The van der Waals surface area contributed by atoms with Crippen molar-refractivity contribution in [3.63, 3.8) is 0 Å². The molecule has 0 spiro atoms. The third kappa shape index (κ3) is 2.94. The van der Waals surface area contributed by atoms with Gasteiger partial charge in [-0.25, -0.2) is 9.48 Å². The van der Waals surface area contributed by atoms with Gasteiger partial charge in [-0.1, -0.05) is 11.3 Å². The summed E-state index contributed by atoms with van der Waals surface area (Å²) in [5, 5.41) is 8.16. The van der Waals surface area contributed by atoms with Gasteiger partial charge in [0.15, 0.2) is 5.69 Å². The molecule has 0 atom stereocenters. The number of aryl methyl sites for hydroxylation is 1. The standard InChI is InChI=1S/C15H18N4O2/c1-3-21-15(20)13-14(11-7-8-11)19(18-17-13)9-12-6-4-5-10(2)16-12/h4-6,11H,3,7-9H2,1-2H3. The average molecular weight is 286 g/mol. The third-order valence-electron chi connectivity index (χ3n) is 3.46. The van der Waals surface area contributed by atoms with E-state index >= 15 is 0 Å². The number of nitrogens with zero attached hydrogens (tertiary/aromatic N) is 4. The zero-order chi connectivity index (χ0) is 14.8. The Labute approximate surface area is 123 Å². The Bertz CT molecular complexity index is 661. The van der Waals surface area contributed by atoms with E-state index in [-0.39, 0.29) is 5.97 Å². The van der Waals surface area contributed by atoms with E-state index in [4.69, 9.17) is 4.74 Å². The first-order valence-electron chi connectivity index (χ1n) is 7.22. The van der Waals surface area contributed by atoms with Crippen LogP contribution in [0.5, 0.6) is 0 Å². The highest BCUT2D eigenvalue weighted by Gasteiger charge is 2.34. The van der Waals surface area contributed by atoms with Crippen LogP contribution in [0.25, 0.3) is 0 Å². The van der Waals surface area contributed by atoms with Gasteiger partial charge in [0.25, 0.3) is 0 Å². The number of hydrogen-bond acceptors (Lipinski definition) is 5. The second-order valence-electron chi connectivity index (χ2n) is 5.25. The van der Waals surface area contributed by atoms with Crippen LogP contribution in [0.4, 0.5) is 0 Å². The summed E-state index contributed by atoms with van der Waals surface area (Å²) in [4.78, 5) is 16.4. The maximum atomic E-state index is 12.0. The van der Waals surface area contributed by atoms with Gasteiger partial charge in [-0.15, -0.1) is 5.10 Å². The highest BCUT2D eigenvalue weighted by Crippen LogP contribution is 2.41. The number of esters is 1. The van der Waals surface area contributed by atoms with Gasteiger partial charge in [-0.2, -0.15) is 0 Å². The van der Waals surface area contributed by atoms with E-state index in [1.165, 1.54) is 0 Å². The zero-order valence-electron chi connectivity index (χ0n) is 12.2. The Morgan fingerprint density at radius 3 is 2.90 bits per heavy atom. The molecule has 0 N–H and O–H groups in total. The van der Waals surface area contributed by atoms with E-state index in [2.05, 4.69) is 15.3 Å². The van der Waals surface area contributed by atoms with Crippen molar-refractivity contribution in [1.82, 2.24) is 20.0 Å². The van der Waals surface area contributed by atoms with Crippen molar-refractivity contribution in [2.45, 2.75) is 39.2 Å². The first-order valence-corrected chi connectivity index (χ1v) is 7.22. The fourth-order valence-corrected chi connectivity index (χ4v) is 2.38. The minimum atomic E-state index is -0.386. The normalized spacial score (nSPS) is 14.2. The summed E-state index contributed by atoms with van der Waals surface area (Å²) in [6, 6.07) is 5.88. The van der Waals surface area contributed by atoms with Crippen LogP contribution in [0.2, 0.25) is 0 Å². The molecule has 6 nitrogen and oxygen atoms in total. The summed E-state index contributed by atoms with van der Waals surface area (Å²) >= 11 is 0. The van der Waals surface area contributed by atoms with Gasteiger partial charge in [0, 0.05) is 11.6 Å². The summed E-state index contributed by atoms with van der Waals surface area (Å²) < 4.78 is 6.84. The van der Waals surface area contributed by atoms with Crippen LogP contribution in [-0.2, 0) is 11.3 Å². The maximum Gasteiger partial charge on any atom is 0.360 e. The van der Waals surface area contributed by atoms with Crippen LogP contribution in [0.1, 0.15) is 53.3 Å². The molecule has 2 heterocycles. The lowest BCUT2D eigenvalue weighted by Crippen LogP contribution is -2.11. The van der Waals surface area contributed by atoms with Crippen molar-refractivity contribution in [3.05, 3.63) is 41.0 Å². The van der Waals surface area contributed by atoms with E-state index in [0.29, 0.717) is 24.8 Å². The van der Waals surface area contributed by atoms with E-state index in [0.717, 1.165) is 29.9 Å². The minimum absolute atomic E-state index is 0.342. The third-order valence-corrected chi connectivity index (χ3v) is 3.46. The molecule has 0 aliphatic heterocycles. The molecule has 1 aliphatic carbocycles. The number of carbonyl (C=O) groups is 1. The van der Waals surface area contributed by atoms with Crippen LogP contribution in [0, 0.1) is 6.92 Å². The number of pyridine rings is 1. The molecule has 1 aliphatic rings. The van der Waals surface area contributed by atoms with Crippen LogP contribution in [-0.4, -0.2) is 32.6 Å². The number of carbonyl (C=O) groups excluding carboxylic acids is 1. The largest absolute Gasteiger partial charge is 0.461 e. The first-order chi connectivity index (χ1) is 10.2. The highest BCUT2D eigenvalue weighted by atomic mass is 16.5. The van der Waals surface area contributed by atoms with Crippen molar-refractivity contribution in [2.75, 3.05) is 6.61 Å². The molecule has 0 unspecified atom stereocenters. The molecular weight excluding hydrogens is 268 g/mol. The molecule has 1 fully saturated rings. The smallest absolute Gasteiger partial charge is 0.360 e. The predicted molar refractivity (Wildman–Crippen MR) is 76.0 cm³/mol. The molecule has 21 heavy (non-hydrogen) atoms. The summed E-state index contributed by atoms with van der Waals surface area (Å²) in [5.41, 5.74) is 3.12. The summed E-state index contributed by atoms with van der Waals surface area (Å²) in [7, 11) is 0. The average Bonchev–Trinajstić information content (AvgIpc) is 3.20. The van der Waals surface area contributed by atoms with E-state index in [1.807, 2.05) is 25.1 Å². The number of ether oxygens (including phenoxy) is 1. The van der Waals surface area contributed by atoms with Crippen LogP contribution < -0.4 is 0 Å². The Morgan fingerprint density at radius 2 is 2.24 bits per heavy atom. The molecular formula is C15H18N4O2. The van der Waals surface area contributed by atoms with Crippen LogP contribution in [0.3, 0.4) is 0 Å². The highest BCUT2D eigenvalue weighted by molar-refractivity contribution is 5.88. The second-order valence-corrected chi connectivity index (χ2v) is 5.25. The minimum Gasteiger partial charge on any atom is -0.461 e. The second kappa shape index (κ2) is 5.63. The lowest BCUT2D eigenvalue weighted by Gasteiger charge is -2.07.